The number of ether oxygens (including phenoxy) is 4. The van der Waals surface area contributed by atoms with Crippen LogP contribution in [0.3, 0.4) is 0 Å². The normalized spacial score (nSPS) is 17.2. The van der Waals surface area contributed by atoms with Crippen LogP contribution in [0, 0.1) is 0 Å². The van der Waals surface area contributed by atoms with Gasteiger partial charge in [0.05, 0.1) is 54.3 Å². The largest absolute Gasteiger partial charge is 0.381 e. The molecule has 0 saturated carbocycles. The van der Waals surface area contributed by atoms with Crippen LogP contribution in [0.4, 0.5) is 23.5 Å². The van der Waals surface area contributed by atoms with Crippen LogP contribution in [-0.4, -0.2) is 144 Å². The first-order chi connectivity index (χ1) is 38.1. The van der Waals surface area contributed by atoms with E-state index in [1.165, 1.54) is 9.13 Å². The highest BCUT2D eigenvalue weighted by Crippen LogP contribution is 2.36. The van der Waals surface area contributed by atoms with Crippen molar-refractivity contribution < 1.29 is 36.5 Å². The zero-order chi connectivity index (χ0) is 53.4. The van der Waals surface area contributed by atoms with Crippen molar-refractivity contribution in [3.8, 4) is 11.6 Å². The number of hydrogen-bond donors (Lipinski definition) is 0. The molecule has 14 rings (SSSR count). The number of hydrogen-bond acceptors (Lipinski definition) is 16. The number of para-hydroxylation sites is 4. The number of aromatic nitrogens is 16. The van der Waals surface area contributed by atoms with Crippen molar-refractivity contribution in [1.82, 2.24) is 77.7 Å². The Bertz CT molecular complexity index is 3760. The lowest BCUT2D eigenvalue weighted by Gasteiger charge is -2.28. The minimum atomic E-state index is -2.78. The van der Waals surface area contributed by atoms with Gasteiger partial charge in [0.15, 0.2) is 56.4 Å². The molecule has 0 radical (unpaired) electrons. The minimum absolute atomic E-state index is 0.0330. The van der Waals surface area contributed by atoms with Gasteiger partial charge in [-0.15, -0.1) is 0 Å². The number of benzene rings is 2. The lowest BCUT2D eigenvalue weighted by molar-refractivity contribution is 0.0703. The number of halogens is 7. The van der Waals surface area contributed by atoms with E-state index in [1.54, 1.807) is 67.5 Å². The summed E-state index contributed by atoms with van der Waals surface area (Å²) in [6.07, 6.45) is 4.81. The molecular formula is C50H48Cl3F4N17O4. The first kappa shape index (κ1) is 52.0. The third kappa shape index (κ3) is 10.2. The van der Waals surface area contributed by atoms with E-state index in [2.05, 4.69) is 44.9 Å². The third-order valence-corrected chi connectivity index (χ3v) is 14.8. The summed E-state index contributed by atoms with van der Waals surface area (Å²) in [5, 5.41) is 0.413. The van der Waals surface area contributed by atoms with Gasteiger partial charge in [-0.2, -0.15) is 24.9 Å². The smallest absolute Gasteiger partial charge is 0.296 e. The molecule has 2 aromatic carbocycles. The second kappa shape index (κ2) is 22.5. The van der Waals surface area contributed by atoms with Crippen LogP contribution in [-0.2, 0) is 18.9 Å². The Kier molecular flexibility index (Phi) is 15.0. The second-order valence-electron chi connectivity index (χ2n) is 18.7. The summed E-state index contributed by atoms with van der Waals surface area (Å²) in [4.78, 5) is 49.9. The van der Waals surface area contributed by atoms with Crippen molar-refractivity contribution >= 4 is 96.3 Å². The Morgan fingerprint density at radius 1 is 0.449 bits per heavy atom. The van der Waals surface area contributed by atoms with Gasteiger partial charge < -0.3 is 37.5 Å². The maximum absolute atomic E-state index is 14.1. The lowest BCUT2D eigenvalue weighted by Crippen LogP contribution is -2.37. The van der Waals surface area contributed by atoms with E-state index in [1.807, 2.05) is 18.6 Å². The highest BCUT2D eigenvalue weighted by Gasteiger charge is 2.30. The predicted molar refractivity (Wildman–Crippen MR) is 280 cm³/mol. The van der Waals surface area contributed by atoms with Crippen LogP contribution in [0.1, 0.15) is 81.2 Å². The molecule has 4 aliphatic heterocycles. The number of fused-ring (bicyclic) bond motifs is 5. The molecule has 0 aliphatic carbocycles. The van der Waals surface area contributed by atoms with Gasteiger partial charge in [-0.25, -0.2) is 47.5 Å². The molecule has 4 saturated heterocycles. The average molecular weight is 1130 g/mol. The average Bonchev–Trinajstić information content (AvgIpc) is 4.48. The van der Waals surface area contributed by atoms with Gasteiger partial charge in [-0.1, -0.05) is 35.9 Å². The van der Waals surface area contributed by atoms with E-state index in [0.29, 0.717) is 131 Å². The number of rotatable bonds is 8. The maximum Gasteiger partial charge on any atom is 0.296 e. The molecule has 406 valence electrons. The Balaban J connectivity index is 0.000000123. The zero-order valence-corrected chi connectivity index (χ0v) is 43.7. The molecule has 21 nitrogen and oxygen atoms in total. The molecule has 10 aromatic rings. The summed E-state index contributed by atoms with van der Waals surface area (Å²) in [6, 6.07) is 14.7. The van der Waals surface area contributed by atoms with Crippen LogP contribution in [0.2, 0.25) is 15.7 Å². The quantitative estimate of drug-likeness (QED) is 0.0788. The summed E-state index contributed by atoms with van der Waals surface area (Å²) >= 11 is 18.0. The molecule has 0 N–H and O–H groups in total. The summed E-state index contributed by atoms with van der Waals surface area (Å²) in [5.41, 5.74) is 5.32. The van der Waals surface area contributed by atoms with Crippen LogP contribution < -0.4 is 4.90 Å². The third-order valence-electron chi connectivity index (χ3n) is 14.2. The molecule has 4 fully saturated rings. The number of anilines is 1. The molecule has 4 aliphatic rings. The van der Waals surface area contributed by atoms with E-state index in [0.717, 1.165) is 51.7 Å². The predicted octanol–water partition coefficient (Wildman–Crippen LogP) is 9.88. The monoisotopic (exact) mass is 1130 g/mol. The van der Waals surface area contributed by atoms with Gasteiger partial charge >= 0.3 is 0 Å². The molecule has 0 amide bonds. The van der Waals surface area contributed by atoms with Crippen molar-refractivity contribution in [3.63, 3.8) is 0 Å². The van der Waals surface area contributed by atoms with Gasteiger partial charge in [-0.3, -0.25) is 9.13 Å². The van der Waals surface area contributed by atoms with Crippen molar-refractivity contribution in [1.29, 1.82) is 0 Å². The van der Waals surface area contributed by atoms with Crippen LogP contribution >= 0.6 is 34.8 Å². The first-order valence-corrected chi connectivity index (χ1v) is 26.5. The summed E-state index contributed by atoms with van der Waals surface area (Å²) < 4.78 is 86.2. The Morgan fingerprint density at radius 3 is 1.32 bits per heavy atom. The van der Waals surface area contributed by atoms with Gasteiger partial charge in [0.2, 0.25) is 16.5 Å². The zero-order valence-electron chi connectivity index (χ0n) is 41.4. The number of morpholine rings is 1. The van der Waals surface area contributed by atoms with Crippen LogP contribution in [0.15, 0.2) is 67.5 Å². The van der Waals surface area contributed by atoms with E-state index < -0.39 is 18.7 Å². The Labute approximate surface area is 455 Å². The van der Waals surface area contributed by atoms with Crippen molar-refractivity contribution in [3.05, 3.63) is 94.9 Å². The van der Waals surface area contributed by atoms with E-state index in [9.17, 15) is 17.6 Å². The molecule has 0 atom stereocenters. The Hall–Kier alpha value is -6.74. The number of nitrogens with zero attached hydrogens (tertiary/aromatic N) is 17. The van der Waals surface area contributed by atoms with Crippen molar-refractivity contribution in [2.24, 2.45) is 0 Å². The van der Waals surface area contributed by atoms with E-state index in [-0.39, 0.29) is 34.3 Å². The van der Waals surface area contributed by atoms with E-state index >= 15 is 0 Å². The molecule has 28 heteroatoms. The van der Waals surface area contributed by atoms with Gasteiger partial charge in [0.25, 0.3) is 12.9 Å². The molecule has 0 spiro atoms. The standard InChI is InChI=1S/C22H23F2N7O2.C18H15ClF2N6O.C10H10Cl2N4O/c23-18(24)21-26-15-3-1-2-4-16(15)31(21)20-17-19(27-22(28-20)29-7-11-33-12-8-29)30(13-25-17)14-5-9-32-10-6-14;19-18-24-15-13(22-9-26(15)10-5-7-28-8-6-10)16(25-18)27-12-4-2-1-3-11(12)23-17(27)14(20)21;11-8-7-9(15-10(12)14-8)16(5-13-7)6-1-3-17-4-2-6/h1-4,13-14,18H,5-12H2;1-4,9-10,14H,5-8H2;5-6H,1-4H2. The minimum Gasteiger partial charge on any atom is -0.381 e. The van der Waals surface area contributed by atoms with Crippen molar-refractivity contribution in [2.45, 2.75) is 69.5 Å². The van der Waals surface area contributed by atoms with Crippen LogP contribution in [0.5, 0.6) is 0 Å². The molecule has 0 bridgehead atoms. The van der Waals surface area contributed by atoms with Crippen molar-refractivity contribution in [2.75, 3.05) is 70.8 Å². The molecular weight excluding hydrogens is 1090 g/mol. The highest BCUT2D eigenvalue weighted by molar-refractivity contribution is 6.35. The lowest BCUT2D eigenvalue weighted by atomic mass is 10.1. The number of imidazole rings is 5. The fourth-order valence-corrected chi connectivity index (χ4v) is 10.9. The number of alkyl halides is 4. The van der Waals surface area contributed by atoms with Gasteiger partial charge in [-0.05, 0) is 86.0 Å². The fourth-order valence-electron chi connectivity index (χ4n) is 10.4. The van der Waals surface area contributed by atoms with Gasteiger partial charge in [0, 0.05) is 70.9 Å². The first-order valence-electron chi connectivity index (χ1n) is 25.4. The molecule has 8 aromatic heterocycles. The molecule has 0 unspecified atom stereocenters. The summed E-state index contributed by atoms with van der Waals surface area (Å²) in [7, 11) is 0. The molecule has 12 heterocycles. The SMILES string of the molecule is Clc1nc(Cl)c2ncn(C3CCOCC3)c2n1.FC(F)c1nc2ccccc2n1-c1nc(Cl)nc2c1ncn2C1CCOCC1.FC(F)c1nc2ccccc2n1-c1nc(N2CCOCC2)nc2c1ncn2C1CCOCC1. The summed E-state index contributed by atoms with van der Waals surface area (Å²) in [6.45, 7) is 6.54. The fraction of sp³-hybridized carbons (Fsp3) is 0.420. The maximum atomic E-state index is 14.1. The Morgan fingerprint density at radius 2 is 0.846 bits per heavy atom. The van der Waals surface area contributed by atoms with Gasteiger partial charge in [0.1, 0.15) is 5.52 Å². The highest BCUT2D eigenvalue weighted by atomic mass is 35.5. The second-order valence-corrected chi connectivity index (χ2v) is 19.8. The van der Waals surface area contributed by atoms with Crippen LogP contribution in [0.25, 0.3) is 67.2 Å². The van der Waals surface area contributed by atoms with E-state index in [4.69, 9.17) is 63.7 Å². The summed E-state index contributed by atoms with van der Waals surface area (Å²) in [5.74, 6) is 0.233. The molecule has 78 heavy (non-hydrogen) atoms. The topological polar surface area (TPSA) is 207 Å².